The number of carbonyl (C=O) groups is 2. The molecule has 0 bridgehead atoms. The van der Waals surface area contributed by atoms with Gasteiger partial charge in [-0.25, -0.2) is 4.79 Å². The van der Waals surface area contributed by atoms with Crippen LogP contribution in [0.5, 0.6) is 0 Å². The fourth-order valence-corrected chi connectivity index (χ4v) is 3.35. The zero-order valence-corrected chi connectivity index (χ0v) is 11.3. The highest BCUT2D eigenvalue weighted by Crippen LogP contribution is 2.39. The summed E-state index contributed by atoms with van der Waals surface area (Å²) in [6, 6.07) is 0. The van der Waals surface area contributed by atoms with E-state index in [4.69, 9.17) is 4.74 Å². The van der Waals surface area contributed by atoms with Crippen molar-refractivity contribution in [2.45, 2.75) is 32.6 Å². The number of nitrogens with zero attached hydrogens (tertiary/aromatic N) is 1. The summed E-state index contributed by atoms with van der Waals surface area (Å²) >= 11 is 0. The molecule has 19 heavy (non-hydrogen) atoms. The van der Waals surface area contributed by atoms with E-state index in [9.17, 15) is 14.7 Å². The summed E-state index contributed by atoms with van der Waals surface area (Å²) in [5, 5.41) is 9.36. The summed E-state index contributed by atoms with van der Waals surface area (Å²) in [5.41, 5.74) is 0. The number of carboxylic acid groups (broad SMARTS) is 1. The molecule has 1 aliphatic heterocycles. The molecule has 2 rings (SSSR count). The van der Waals surface area contributed by atoms with Crippen LogP contribution in [0, 0.1) is 17.8 Å². The van der Waals surface area contributed by atoms with Crippen molar-refractivity contribution >= 4 is 12.1 Å². The normalized spacial score (nSPS) is 30.4. The lowest BCUT2D eigenvalue weighted by molar-refractivity contribution is -0.148. The van der Waals surface area contributed by atoms with Crippen LogP contribution >= 0.6 is 0 Å². The van der Waals surface area contributed by atoms with Gasteiger partial charge in [0.05, 0.1) is 11.7 Å². The quantitative estimate of drug-likeness (QED) is 0.780. The smallest absolute Gasteiger partial charge is 0.414 e. The summed E-state index contributed by atoms with van der Waals surface area (Å²) < 4.78 is 5.00. The van der Waals surface area contributed by atoms with Gasteiger partial charge < -0.3 is 14.7 Å². The van der Waals surface area contributed by atoms with Crippen LogP contribution in [0.2, 0.25) is 0 Å². The number of fused-ring (bicyclic) bond motifs is 1. The maximum absolute atomic E-state index is 11.9. The number of allylic oxidation sites excluding steroid dienone is 1. The number of carboxylic acids is 1. The lowest BCUT2D eigenvalue weighted by atomic mass is 9.70. The molecule has 1 saturated carbocycles. The van der Waals surface area contributed by atoms with Crippen molar-refractivity contribution in [3.63, 3.8) is 0 Å². The molecular formula is C14H21NO4. The molecule has 1 amide bonds. The maximum atomic E-state index is 11.9. The molecule has 1 aliphatic carbocycles. The molecule has 1 heterocycles. The number of rotatable bonds is 2. The average molecular weight is 267 g/mol. The van der Waals surface area contributed by atoms with E-state index in [1.165, 1.54) is 4.90 Å². The highest BCUT2D eigenvalue weighted by molar-refractivity contribution is 5.74. The summed E-state index contributed by atoms with van der Waals surface area (Å²) in [7, 11) is 0. The van der Waals surface area contributed by atoms with E-state index in [2.05, 4.69) is 6.58 Å². The van der Waals surface area contributed by atoms with Gasteiger partial charge in [0.1, 0.15) is 0 Å². The van der Waals surface area contributed by atoms with E-state index in [0.717, 1.165) is 25.7 Å². The fourth-order valence-electron chi connectivity index (χ4n) is 3.35. The molecule has 0 aromatic carbocycles. The monoisotopic (exact) mass is 267 g/mol. The first-order chi connectivity index (χ1) is 8.99. The van der Waals surface area contributed by atoms with Crippen molar-refractivity contribution in [1.29, 1.82) is 0 Å². The maximum Gasteiger partial charge on any atom is 0.414 e. The van der Waals surface area contributed by atoms with Gasteiger partial charge >= 0.3 is 12.1 Å². The van der Waals surface area contributed by atoms with Gasteiger partial charge in [-0.05, 0) is 31.6 Å². The molecule has 0 radical (unpaired) electrons. The Labute approximate surface area is 113 Å². The number of ether oxygens (including phenoxy) is 1. The Bertz CT molecular complexity index is 393. The largest absolute Gasteiger partial charge is 0.481 e. The fraction of sp³-hybridized carbons (Fsp3) is 0.714. The van der Waals surface area contributed by atoms with Crippen LogP contribution in [-0.2, 0) is 9.53 Å². The van der Waals surface area contributed by atoms with E-state index in [1.807, 2.05) is 0 Å². The van der Waals surface area contributed by atoms with Crippen molar-refractivity contribution in [3.8, 4) is 0 Å². The lowest BCUT2D eigenvalue weighted by Gasteiger charge is -2.44. The molecular weight excluding hydrogens is 246 g/mol. The summed E-state index contributed by atoms with van der Waals surface area (Å²) in [6.45, 7) is 6.01. The van der Waals surface area contributed by atoms with E-state index < -0.39 is 18.0 Å². The molecule has 106 valence electrons. The van der Waals surface area contributed by atoms with Crippen LogP contribution < -0.4 is 0 Å². The van der Waals surface area contributed by atoms with Crippen LogP contribution in [0.3, 0.4) is 0 Å². The molecule has 2 fully saturated rings. The lowest BCUT2D eigenvalue weighted by Crippen LogP contribution is -2.52. The first-order valence-electron chi connectivity index (χ1n) is 6.84. The number of aliphatic carboxylic acids is 1. The van der Waals surface area contributed by atoms with Crippen LogP contribution in [-0.4, -0.2) is 35.2 Å². The second-order valence-electron chi connectivity index (χ2n) is 5.63. The SMILES string of the molecule is C=C(C)OC(=O)N1C[C@@H]2CCCC[C@@H]2[C@H](C(=O)O)C1. The Kier molecular flexibility index (Phi) is 4.12. The second kappa shape index (κ2) is 5.63. The van der Waals surface area contributed by atoms with Gasteiger partial charge in [-0.15, -0.1) is 0 Å². The number of hydrogen-bond acceptors (Lipinski definition) is 3. The number of amides is 1. The van der Waals surface area contributed by atoms with Gasteiger partial charge in [0.2, 0.25) is 0 Å². The van der Waals surface area contributed by atoms with E-state index in [1.54, 1.807) is 6.92 Å². The van der Waals surface area contributed by atoms with E-state index >= 15 is 0 Å². The van der Waals surface area contributed by atoms with Gasteiger partial charge in [-0.2, -0.15) is 0 Å². The minimum atomic E-state index is -0.801. The third-order valence-electron chi connectivity index (χ3n) is 4.19. The topological polar surface area (TPSA) is 66.8 Å². The van der Waals surface area contributed by atoms with Crippen molar-refractivity contribution in [2.75, 3.05) is 13.1 Å². The molecule has 2 aliphatic rings. The van der Waals surface area contributed by atoms with Gasteiger partial charge in [-0.3, -0.25) is 4.79 Å². The predicted molar refractivity (Wildman–Crippen MR) is 69.4 cm³/mol. The number of carbonyl (C=O) groups excluding carboxylic acids is 1. The van der Waals surface area contributed by atoms with Crippen LogP contribution in [0.1, 0.15) is 32.6 Å². The van der Waals surface area contributed by atoms with Crippen molar-refractivity contribution in [1.82, 2.24) is 4.90 Å². The zero-order valence-electron chi connectivity index (χ0n) is 11.3. The summed E-state index contributed by atoms with van der Waals surface area (Å²) in [6.07, 6.45) is 3.72. The summed E-state index contributed by atoms with van der Waals surface area (Å²) in [4.78, 5) is 24.8. The number of hydrogen-bond donors (Lipinski definition) is 1. The molecule has 5 nitrogen and oxygen atoms in total. The minimum absolute atomic E-state index is 0.208. The minimum Gasteiger partial charge on any atom is -0.481 e. The van der Waals surface area contributed by atoms with Gasteiger partial charge in [-0.1, -0.05) is 19.4 Å². The average Bonchev–Trinajstić information content (AvgIpc) is 2.36. The third-order valence-corrected chi connectivity index (χ3v) is 4.19. The Morgan fingerprint density at radius 2 is 1.95 bits per heavy atom. The Morgan fingerprint density at radius 3 is 2.58 bits per heavy atom. The summed E-state index contributed by atoms with van der Waals surface area (Å²) in [5.74, 6) is -0.425. The van der Waals surface area contributed by atoms with Gasteiger partial charge in [0.25, 0.3) is 0 Å². The Hall–Kier alpha value is -1.52. The Balaban J connectivity index is 2.09. The van der Waals surface area contributed by atoms with E-state index in [-0.39, 0.29) is 12.5 Å². The molecule has 5 heteroatoms. The van der Waals surface area contributed by atoms with Gasteiger partial charge in [0, 0.05) is 13.1 Å². The van der Waals surface area contributed by atoms with Gasteiger partial charge in [0.15, 0.2) is 0 Å². The first-order valence-corrected chi connectivity index (χ1v) is 6.84. The molecule has 1 N–H and O–H groups in total. The van der Waals surface area contributed by atoms with E-state index in [0.29, 0.717) is 18.2 Å². The molecule has 0 unspecified atom stereocenters. The third kappa shape index (κ3) is 3.08. The highest BCUT2D eigenvalue weighted by Gasteiger charge is 2.43. The van der Waals surface area contributed by atoms with Crippen molar-refractivity contribution in [3.05, 3.63) is 12.3 Å². The Morgan fingerprint density at radius 1 is 1.26 bits per heavy atom. The molecule has 0 aromatic rings. The molecule has 0 spiro atoms. The standard InChI is InChI=1S/C14H21NO4/c1-9(2)19-14(18)15-7-10-5-3-4-6-11(10)12(8-15)13(16)17/h10-12H,1,3-8H2,2H3,(H,16,17)/t10-,11-,12+/m0/s1. The van der Waals surface area contributed by atoms with Crippen LogP contribution in [0.15, 0.2) is 12.3 Å². The van der Waals surface area contributed by atoms with Crippen molar-refractivity contribution < 1.29 is 19.4 Å². The van der Waals surface area contributed by atoms with Crippen molar-refractivity contribution in [2.24, 2.45) is 17.8 Å². The molecule has 1 saturated heterocycles. The van der Waals surface area contributed by atoms with Crippen LogP contribution in [0.25, 0.3) is 0 Å². The number of piperidine rings is 1. The predicted octanol–water partition coefficient (Wildman–Crippen LogP) is 2.48. The molecule has 0 aromatic heterocycles. The number of likely N-dealkylation sites (tertiary alicyclic amines) is 1. The second-order valence-corrected chi connectivity index (χ2v) is 5.63. The van der Waals surface area contributed by atoms with Crippen LogP contribution in [0.4, 0.5) is 4.79 Å². The zero-order chi connectivity index (χ0) is 14.0. The molecule has 3 atom stereocenters. The first kappa shape index (κ1) is 13.9. The highest BCUT2D eigenvalue weighted by atomic mass is 16.6.